The first-order valence-corrected chi connectivity index (χ1v) is 6.15. The molecule has 0 aliphatic rings. The van der Waals surface area contributed by atoms with E-state index >= 15 is 0 Å². The molecule has 1 N–H and O–H groups in total. The first kappa shape index (κ1) is 12.9. The Morgan fingerprint density at radius 1 is 1.11 bits per heavy atom. The summed E-state index contributed by atoms with van der Waals surface area (Å²) in [6.07, 6.45) is 0. The zero-order valence-corrected chi connectivity index (χ0v) is 11.2. The number of anilines is 1. The lowest BCUT2D eigenvalue weighted by Gasteiger charge is -2.08. The normalized spacial score (nSPS) is 10.2. The summed E-state index contributed by atoms with van der Waals surface area (Å²) in [6.45, 7) is 1.94. The van der Waals surface area contributed by atoms with Crippen LogP contribution in [0.4, 0.5) is 5.69 Å². The molecule has 1 amide bonds. The third-order valence-electron chi connectivity index (χ3n) is 2.46. The number of carbonyl (C=O) groups is 1. The molecule has 4 heteroatoms. The van der Waals surface area contributed by atoms with E-state index in [1.165, 1.54) is 0 Å². The van der Waals surface area contributed by atoms with Gasteiger partial charge >= 0.3 is 0 Å². The van der Waals surface area contributed by atoms with Crippen LogP contribution < -0.4 is 5.32 Å². The molecule has 0 spiro atoms. The summed E-state index contributed by atoms with van der Waals surface area (Å²) in [5.41, 5.74) is 2.13. The van der Waals surface area contributed by atoms with Crippen molar-refractivity contribution in [1.82, 2.24) is 0 Å². The molecular weight excluding hydrogens is 269 g/mol. The highest BCUT2D eigenvalue weighted by atomic mass is 35.5. The second kappa shape index (κ2) is 5.42. The van der Waals surface area contributed by atoms with Gasteiger partial charge in [-0.2, -0.15) is 0 Å². The van der Waals surface area contributed by atoms with E-state index in [0.29, 0.717) is 21.3 Å². The maximum atomic E-state index is 12.0. The minimum absolute atomic E-state index is 0.233. The lowest BCUT2D eigenvalue weighted by molar-refractivity contribution is 0.102. The lowest BCUT2D eigenvalue weighted by Crippen LogP contribution is -2.12. The average Bonchev–Trinajstić information content (AvgIpc) is 2.32. The van der Waals surface area contributed by atoms with Gasteiger partial charge in [-0.25, -0.2) is 0 Å². The molecule has 18 heavy (non-hydrogen) atoms. The molecule has 0 heterocycles. The van der Waals surface area contributed by atoms with Gasteiger partial charge in [0.15, 0.2) is 0 Å². The van der Waals surface area contributed by atoms with Gasteiger partial charge in [-0.3, -0.25) is 4.79 Å². The maximum absolute atomic E-state index is 12.0. The molecule has 2 nitrogen and oxygen atoms in total. The average molecular weight is 280 g/mol. The quantitative estimate of drug-likeness (QED) is 0.858. The van der Waals surface area contributed by atoms with E-state index in [9.17, 15) is 4.79 Å². The van der Waals surface area contributed by atoms with Crippen molar-refractivity contribution in [2.45, 2.75) is 6.92 Å². The topological polar surface area (TPSA) is 29.1 Å². The second-order valence-corrected chi connectivity index (χ2v) is 4.79. The number of aryl methyl sites for hydroxylation is 1. The van der Waals surface area contributed by atoms with Crippen LogP contribution in [0.25, 0.3) is 0 Å². The SMILES string of the molecule is Cc1ccc(NC(=O)c2cccc(Cl)c2)c(Cl)c1. The Labute approximate surface area is 116 Å². The molecule has 2 aromatic carbocycles. The van der Waals surface area contributed by atoms with Crippen molar-refractivity contribution in [3.8, 4) is 0 Å². The maximum Gasteiger partial charge on any atom is 0.255 e. The first-order chi connectivity index (χ1) is 8.56. The van der Waals surface area contributed by atoms with Gasteiger partial charge < -0.3 is 5.32 Å². The largest absolute Gasteiger partial charge is 0.321 e. The number of halogens is 2. The molecule has 0 unspecified atom stereocenters. The number of hydrogen-bond acceptors (Lipinski definition) is 1. The summed E-state index contributed by atoms with van der Waals surface area (Å²) in [4.78, 5) is 12.0. The predicted octanol–water partition coefficient (Wildman–Crippen LogP) is 4.55. The van der Waals surface area contributed by atoms with Crippen molar-refractivity contribution >= 4 is 34.8 Å². The van der Waals surface area contributed by atoms with E-state index in [0.717, 1.165) is 5.56 Å². The molecule has 2 aromatic rings. The molecule has 0 radical (unpaired) electrons. The van der Waals surface area contributed by atoms with Crippen LogP contribution in [0.5, 0.6) is 0 Å². The van der Waals surface area contributed by atoms with Gasteiger partial charge in [0.2, 0.25) is 0 Å². The summed E-state index contributed by atoms with van der Waals surface area (Å²) in [6, 6.07) is 12.2. The van der Waals surface area contributed by atoms with Gasteiger partial charge in [0, 0.05) is 10.6 Å². The van der Waals surface area contributed by atoms with Crippen molar-refractivity contribution in [2.24, 2.45) is 0 Å². The highest BCUT2D eigenvalue weighted by Crippen LogP contribution is 2.23. The summed E-state index contributed by atoms with van der Waals surface area (Å²) in [5, 5.41) is 3.80. The number of carbonyl (C=O) groups excluding carboxylic acids is 1. The van der Waals surface area contributed by atoms with Gasteiger partial charge in [-0.05, 0) is 42.8 Å². The number of hydrogen-bond donors (Lipinski definition) is 1. The van der Waals surface area contributed by atoms with Crippen molar-refractivity contribution in [1.29, 1.82) is 0 Å². The van der Waals surface area contributed by atoms with Crippen LogP contribution in [0.15, 0.2) is 42.5 Å². The van der Waals surface area contributed by atoms with Crippen molar-refractivity contribution < 1.29 is 4.79 Å². The van der Waals surface area contributed by atoms with Crippen molar-refractivity contribution in [2.75, 3.05) is 5.32 Å². The fourth-order valence-corrected chi connectivity index (χ4v) is 2.02. The van der Waals surface area contributed by atoms with Crippen LogP contribution in [0, 0.1) is 6.92 Å². The highest BCUT2D eigenvalue weighted by Gasteiger charge is 2.08. The van der Waals surface area contributed by atoms with Gasteiger partial charge in [0.1, 0.15) is 0 Å². The molecule has 0 aliphatic heterocycles. The van der Waals surface area contributed by atoms with Crippen LogP contribution in [-0.4, -0.2) is 5.91 Å². The van der Waals surface area contributed by atoms with Crippen LogP contribution in [0.2, 0.25) is 10.0 Å². The minimum Gasteiger partial charge on any atom is -0.321 e. The van der Waals surface area contributed by atoms with Gasteiger partial charge in [-0.15, -0.1) is 0 Å². The third kappa shape index (κ3) is 3.03. The Morgan fingerprint density at radius 2 is 1.89 bits per heavy atom. The fourth-order valence-electron chi connectivity index (χ4n) is 1.55. The van der Waals surface area contributed by atoms with Crippen molar-refractivity contribution in [3.05, 3.63) is 63.6 Å². The molecule has 92 valence electrons. The molecule has 0 aliphatic carbocycles. The first-order valence-electron chi connectivity index (χ1n) is 5.39. The van der Waals surface area contributed by atoms with Crippen LogP contribution >= 0.6 is 23.2 Å². The van der Waals surface area contributed by atoms with E-state index < -0.39 is 0 Å². The van der Waals surface area contributed by atoms with Gasteiger partial charge in [0.05, 0.1) is 10.7 Å². The standard InChI is InChI=1S/C14H11Cl2NO/c1-9-5-6-13(12(16)7-9)17-14(18)10-3-2-4-11(15)8-10/h2-8H,1H3,(H,17,18). The molecule has 0 saturated carbocycles. The molecule has 2 rings (SSSR count). The van der Waals surface area contributed by atoms with Gasteiger partial charge in [0.25, 0.3) is 5.91 Å². The van der Waals surface area contributed by atoms with Gasteiger partial charge in [-0.1, -0.05) is 35.3 Å². The monoisotopic (exact) mass is 279 g/mol. The molecule has 0 saturated heterocycles. The fraction of sp³-hybridized carbons (Fsp3) is 0.0714. The summed E-state index contributed by atoms with van der Waals surface area (Å²) >= 11 is 11.9. The zero-order chi connectivity index (χ0) is 13.1. The number of nitrogens with one attached hydrogen (secondary N) is 1. The number of benzene rings is 2. The molecular formula is C14H11Cl2NO. The second-order valence-electron chi connectivity index (χ2n) is 3.95. The Bertz CT molecular complexity index is 596. The Balaban J connectivity index is 2.21. The molecule has 0 fully saturated rings. The number of amides is 1. The predicted molar refractivity (Wildman–Crippen MR) is 75.6 cm³/mol. The van der Waals surface area contributed by atoms with E-state index in [2.05, 4.69) is 5.32 Å². The molecule has 0 aromatic heterocycles. The van der Waals surface area contributed by atoms with Crippen LogP contribution in [0.3, 0.4) is 0 Å². The summed E-state index contributed by atoms with van der Waals surface area (Å²) < 4.78 is 0. The molecule has 0 atom stereocenters. The van der Waals surface area contributed by atoms with E-state index in [1.54, 1.807) is 36.4 Å². The minimum atomic E-state index is -0.233. The van der Waals surface area contributed by atoms with Crippen LogP contribution in [0.1, 0.15) is 15.9 Å². The van der Waals surface area contributed by atoms with Crippen LogP contribution in [-0.2, 0) is 0 Å². The number of rotatable bonds is 2. The van der Waals surface area contributed by atoms with E-state index in [4.69, 9.17) is 23.2 Å². The summed E-state index contributed by atoms with van der Waals surface area (Å²) in [7, 11) is 0. The smallest absolute Gasteiger partial charge is 0.255 e. The Hall–Kier alpha value is -1.51. The zero-order valence-electron chi connectivity index (χ0n) is 9.71. The molecule has 0 bridgehead atoms. The van der Waals surface area contributed by atoms with E-state index in [1.807, 2.05) is 13.0 Å². The highest BCUT2D eigenvalue weighted by molar-refractivity contribution is 6.34. The Morgan fingerprint density at radius 3 is 2.56 bits per heavy atom. The van der Waals surface area contributed by atoms with E-state index in [-0.39, 0.29) is 5.91 Å². The van der Waals surface area contributed by atoms with Crippen molar-refractivity contribution in [3.63, 3.8) is 0 Å². The summed E-state index contributed by atoms with van der Waals surface area (Å²) in [5.74, 6) is -0.233. The lowest BCUT2D eigenvalue weighted by atomic mass is 10.2. The Kier molecular flexibility index (Phi) is 3.90. The third-order valence-corrected chi connectivity index (χ3v) is 3.01.